The molecule has 3 rings (SSSR count). The van der Waals surface area contributed by atoms with E-state index in [9.17, 15) is 9.90 Å². The topological polar surface area (TPSA) is 45.5 Å². The second-order valence-electron chi connectivity index (χ2n) is 6.85. The van der Waals surface area contributed by atoms with Crippen molar-refractivity contribution in [3.8, 4) is 0 Å². The van der Waals surface area contributed by atoms with E-state index in [2.05, 4.69) is 6.92 Å². The van der Waals surface area contributed by atoms with Crippen molar-refractivity contribution in [3.63, 3.8) is 0 Å². The molecule has 1 aliphatic carbocycles. The van der Waals surface area contributed by atoms with Crippen LogP contribution in [-0.4, -0.2) is 39.2 Å². The first-order chi connectivity index (χ1) is 9.96. The predicted octanol–water partition coefficient (Wildman–Crippen LogP) is 2.35. The Hall–Kier alpha value is -1.29. The Kier molecular flexibility index (Phi) is 3.60. The average molecular weight is 290 g/mol. The Morgan fingerprint density at radius 2 is 2.24 bits per heavy atom. The van der Waals surface area contributed by atoms with Gasteiger partial charge in [-0.15, -0.1) is 0 Å². The Morgan fingerprint density at radius 1 is 1.48 bits per heavy atom. The Balaban J connectivity index is 1.80. The van der Waals surface area contributed by atoms with Gasteiger partial charge in [-0.25, -0.2) is 0 Å². The van der Waals surface area contributed by atoms with E-state index in [-0.39, 0.29) is 11.8 Å². The van der Waals surface area contributed by atoms with Gasteiger partial charge in [0.25, 0.3) is 5.91 Å². The smallest absolute Gasteiger partial charge is 0.255 e. The molecular weight excluding hydrogens is 264 g/mol. The maximum Gasteiger partial charge on any atom is 0.255 e. The molecule has 0 radical (unpaired) electrons. The van der Waals surface area contributed by atoms with Gasteiger partial charge in [0.05, 0.1) is 11.2 Å². The highest BCUT2D eigenvalue weighted by atomic mass is 16.3. The third-order valence-electron chi connectivity index (χ3n) is 5.83. The van der Waals surface area contributed by atoms with Gasteiger partial charge in [-0.1, -0.05) is 13.3 Å². The van der Waals surface area contributed by atoms with Gasteiger partial charge >= 0.3 is 0 Å². The van der Waals surface area contributed by atoms with Crippen LogP contribution in [0.15, 0.2) is 12.3 Å². The normalized spacial score (nSPS) is 32.3. The molecular formula is C17H26N2O2. The van der Waals surface area contributed by atoms with E-state index < -0.39 is 5.60 Å². The summed E-state index contributed by atoms with van der Waals surface area (Å²) in [6.07, 6.45) is 5.84. The van der Waals surface area contributed by atoms with Crippen molar-refractivity contribution in [1.29, 1.82) is 0 Å². The lowest BCUT2D eigenvalue weighted by atomic mass is 9.69. The van der Waals surface area contributed by atoms with E-state index in [1.54, 1.807) is 0 Å². The number of fused-ring (bicyclic) bond motifs is 1. The molecule has 1 saturated carbocycles. The molecule has 0 spiro atoms. The molecule has 2 heterocycles. The molecule has 4 heteroatoms. The highest BCUT2D eigenvalue weighted by molar-refractivity contribution is 5.95. The van der Waals surface area contributed by atoms with E-state index in [4.69, 9.17) is 0 Å². The number of likely N-dealkylation sites (tertiary alicyclic amines) is 1. The number of rotatable bonds is 2. The van der Waals surface area contributed by atoms with Crippen LogP contribution in [0, 0.1) is 18.8 Å². The van der Waals surface area contributed by atoms with Crippen molar-refractivity contribution in [2.45, 2.75) is 45.1 Å². The lowest BCUT2D eigenvalue weighted by Gasteiger charge is -2.40. The van der Waals surface area contributed by atoms with Crippen LogP contribution in [0.25, 0.3) is 0 Å². The van der Waals surface area contributed by atoms with Crippen LogP contribution in [-0.2, 0) is 7.05 Å². The number of aryl methyl sites for hydroxylation is 1. The van der Waals surface area contributed by atoms with Crippen LogP contribution in [0.2, 0.25) is 0 Å². The van der Waals surface area contributed by atoms with Crippen LogP contribution >= 0.6 is 0 Å². The van der Waals surface area contributed by atoms with E-state index in [1.165, 1.54) is 0 Å². The van der Waals surface area contributed by atoms with Crippen LogP contribution in [0.4, 0.5) is 0 Å². The lowest BCUT2D eigenvalue weighted by Crippen LogP contribution is -2.44. The third kappa shape index (κ3) is 2.30. The van der Waals surface area contributed by atoms with Gasteiger partial charge in [0.1, 0.15) is 0 Å². The molecule has 0 aromatic carbocycles. The molecule has 2 aliphatic rings. The first-order valence-electron chi connectivity index (χ1n) is 8.10. The monoisotopic (exact) mass is 290 g/mol. The molecule has 3 atom stereocenters. The van der Waals surface area contributed by atoms with Crippen LogP contribution in [0.5, 0.6) is 0 Å². The van der Waals surface area contributed by atoms with E-state index >= 15 is 0 Å². The molecule has 1 aromatic rings. The maximum absolute atomic E-state index is 12.8. The summed E-state index contributed by atoms with van der Waals surface area (Å²) in [5.74, 6) is 0.849. The summed E-state index contributed by atoms with van der Waals surface area (Å²) in [7, 11) is 1.96. The second kappa shape index (κ2) is 5.16. The summed E-state index contributed by atoms with van der Waals surface area (Å²) in [4.78, 5) is 14.7. The lowest BCUT2D eigenvalue weighted by molar-refractivity contribution is -0.0609. The average Bonchev–Trinajstić information content (AvgIpc) is 3.05. The summed E-state index contributed by atoms with van der Waals surface area (Å²) >= 11 is 0. The quantitative estimate of drug-likeness (QED) is 0.908. The fourth-order valence-corrected chi connectivity index (χ4v) is 4.24. The minimum absolute atomic E-state index is 0.126. The van der Waals surface area contributed by atoms with Crippen LogP contribution in [0.1, 0.15) is 48.7 Å². The van der Waals surface area contributed by atoms with E-state index in [0.29, 0.717) is 12.5 Å². The maximum atomic E-state index is 12.8. The number of hydrogen-bond donors (Lipinski definition) is 1. The summed E-state index contributed by atoms with van der Waals surface area (Å²) in [6, 6.07) is 1.91. The standard InChI is InChI=1S/C17H26N2O2/c1-4-17(21)8-5-6-13-10-19(11-15(13)17)16(20)14-7-9-18(3)12(14)2/h7,9,13,15,21H,4-6,8,10-11H2,1-3H3/t13-,15+,17-/m1/s1. The minimum Gasteiger partial charge on any atom is -0.390 e. The zero-order valence-corrected chi connectivity index (χ0v) is 13.3. The second-order valence-corrected chi connectivity index (χ2v) is 6.85. The molecule has 1 amide bonds. The highest BCUT2D eigenvalue weighted by Gasteiger charge is 2.48. The minimum atomic E-state index is -0.566. The molecule has 1 N–H and O–H groups in total. The van der Waals surface area contributed by atoms with E-state index in [1.807, 2.05) is 35.7 Å². The molecule has 0 bridgehead atoms. The van der Waals surface area contributed by atoms with Crippen LogP contribution in [0.3, 0.4) is 0 Å². The van der Waals surface area contributed by atoms with Crippen molar-refractivity contribution in [2.75, 3.05) is 13.1 Å². The molecule has 4 nitrogen and oxygen atoms in total. The number of aliphatic hydroxyl groups is 1. The molecule has 21 heavy (non-hydrogen) atoms. The SMILES string of the molecule is CC[C@@]1(O)CCC[C@@H]2CN(C(=O)c3ccn(C)c3C)C[C@@H]21. The molecule has 1 saturated heterocycles. The van der Waals surface area contributed by atoms with Gasteiger partial charge in [-0.05, 0) is 38.2 Å². The Morgan fingerprint density at radius 3 is 2.86 bits per heavy atom. The largest absolute Gasteiger partial charge is 0.390 e. The molecule has 1 aromatic heterocycles. The number of carbonyl (C=O) groups excluding carboxylic acids is 1. The van der Waals surface area contributed by atoms with Gasteiger partial charge in [-0.2, -0.15) is 0 Å². The zero-order valence-electron chi connectivity index (χ0n) is 13.3. The first kappa shape index (κ1) is 14.6. The molecule has 1 aliphatic heterocycles. The van der Waals surface area contributed by atoms with Gasteiger partial charge in [0.15, 0.2) is 0 Å². The number of amides is 1. The summed E-state index contributed by atoms with van der Waals surface area (Å²) in [6.45, 7) is 5.56. The predicted molar refractivity (Wildman–Crippen MR) is 82.1 cm³/mol. The number of carbonyl (C=O) groups is 1. The third-order valence-corrected chi connectivity index (χ3v) is 5.83. The van der Waals surface area contributed by atoms with Gasteiger partial charge < -0.3 is 14.6 Å². The van der Waals surface area contributed by atoms with Gasteiger partial charge in [0.2, 0.25) is 0 Å². The fraction of sp³-hybridized carbons (Fsp3) is 0.706. The fourth-order valence-electron chi connectivity index (χ4n) is 4.24. The number of hydrogen-bond acceptors (Lipinski definition) is 2. The Labute approximate surface area is 126 Å². The number of aromatic nitrogens is 1. The van der Waals surface area contributed by atoms with Crippen molar-refractivity contribution in [2.24, 2.45) is 18.9 Å². The van der Waals surface area contributed by atoms with Gasteiger partial charge in [-0.3, -0.25) is 4.79 Å². The highest BCUT2D eigenvalue weighted by Crippen LogP contribution is 2.44. The first-order valence-corrected chi connectivity index (χ1v) is 8.10. The summed E-state index contributed by atoms with van der Waals surface area (Å²) in [5, 5.41) is 10.8. The van der Waals surface area contributed by atoms with Gasteiger partial charge in [0, 0.05) is 37.9 Å². The van der Waals surface area contributed by atoms with Crippen molar-refractivity contribution >= 4 is 5.91 Å². The Bertz CT molecular complexity index is 551. The van der Waals surface area contributed by atoms with Crippen molar-refractivity contribution in [3.05, 3.63) is 23.5 Å². The molecule has 0 unspecified atom stereocenters. The number of nitrogens with zero attached hydrogens (tertiary/aromatic N) is 2. The molecule has 2 fully saturated rings. The van der Waals surface area contributed by atoms with Crippen molar-refractivity contribution in [1.82, 2.24) is 9.47 Å². The van der Waals surface area contributed by atoms with Crippen LogP contribution < -0.4 is 0 Å². The summed E-state index contributed by atoms with van der Waals surface area (Å²) < 4.78 is 1.98. The zero-order chi connectivity index (χ0) is 15.2. The summed E-state index contributed by atoms with van der Waals surface area (Å²) in [5.41, 5.74) is 1.25. The van der Waals surface area contributed by atoms with Crippen molar-refractivity contribution < 1.29 is 9.90 Å². The van der Waals surface area contributed by atoms with E-state index in [0.717, 1.165) is 43.5 Å². The molecule has 116 valence electrons.